The average molecular weight is 228 g/mol. The number of unbranched alkanes of at least 4 members (excludes halogenated alkanes) is 1. The van der Waals surface area contributed by atoms with Gasteiger partial charge in [-0.15, -0.1) is 0 Å². The number of hydrogen-bond acceptors (Lipinski definition) is 3. The number of esters is 2. The van der Waals surface area contributed by atoms with E-state index in [1.165, 1.54) is 0 Å². The van der Waals surface area contributed by atoms with Crippen LogP contribution < -0.4 is 0 Å². The molecular formula is C13H24O3. The third kappa shape index (κ3) is 5.89. The molecule has 3 nitrogen and oxygen atoms in total. The molecule has 0 rings (SSSR count). The van der Waals surface area contributed by atoms with Crippen LogP contribution in [0.4, 0.5) is 0 Å². The van der Waals surface area contributed by atoms with Gasteiger partial charge in [-0.2, -0.15) is 0 Å². The first-order valence-electron chi connectivity index (χ1n) is 6.28. The first-order chi connectivity index (χ1) is 7.52. The van der Waals surface area contributed by atoms with Crippen molar-refractivity contribution in [2.24, 2.45) is 11.8 Å². The van der Waals surface area contributed by atoms with Crippen LogP contribution in [-0.4, -0.2) is 11.9 Å². The standard InChI is InChI=1S/C13H24O3/c1-5-7-9-11(4)13(15)16-12(14)10(3)8-6-2/h10-11H,5-9H2,1-4H3. The summed E-state index contributed by atoms with van der Waals surface area (Å²) in [6, 6.07) is 0. The van der Waals surface area contributed by atoms with Crippen LogP contribution in [0.5, 0.6) is 0 Å². The van der Waals surface area contributed by atoms with E-state index in [0.29, 0.717) is 0 Å². The normalized spacial score (nSPS) is 14.2. The highest BCUT2D eigenvalue weighted by molar-refractivity contribution is 5.87. The fourth-order valence-corrected chi connectivity index (χ4v) is 1.48. The molecule has 0 N–H and O–H groups in total. The summed E-state index contributed by atoms with van der Waals surface area (Å²) in [7, 11) is 0. The molecule has 0 aromatic heterocycles. The van der Waals surface area contributed by atoms with Crippen molar-refractivity contribution >= 4 is 11.9 Å². The molecule has 94 valence electrons. The fraction of sp³-hybridized carbons (Fsp3) is 0.846. The molecule has 0 aromatic rings. The summed E-state index contributed by atoms with van der Waals surface area (Å²) in [5.74, 6) is -1.10. The van der Waals surface area contributed by atoms with Crippen LogP contribution in [0.25, 0.3) is 0 Å². The molecule has 0 aromatic carbocycles. The zero-order valence-corrected chi connectivity index (χ0v) is 10.9. The number of rotatable bonds is 7. The van der Waals surface area contributed by atoms with Gasteiger partial charge in [-0.05, 0) is 12.8 Å². The van der Waals surface area contributed by atoms with Crippen LogP contribution >= 0.6 is 0 Å². The molecule has 0 heterocycles. The van der Waals surface area contributed by atoms with Gasteiger partial charge in [0.2, 0.25) is 0 Å². The largest absolute Gasteiger partial charge is 0.393 e. The molecular weight excluding hydrogens is 204 g/mol. The van der Waals surface area contributed by atoms with E-state index in [4.69, 9.17) is 4.74 Å². The predicted octanol–water partition coefficient (Wildman–Crippen LogP) is 3.32. The second-order valence-corrected chi connectivity index (χ2v) is 4.47. The van der Waals surface area contributed by atoms with Crippen molar-refractivity contribution in [1.29, 1.82) is 0 Å². The summed E-state index contributed by atoms with van der Waals surface area (Å²) in [6.45, 7) is 7.70. The SMILES string of the molecule is CCCCC(C)C(=O)OC(=O)C(C)CCC. The Morgan fingerprint density at radius 2 is 1.44 bits per heavy atom. The highest BCUT2D eigenvalue weighted by atomic mass is 16.6. The van der Waals surface area contributed by atoms with Crippen molar-refractivity contribution in [3.63, 3.8) is 0 Å². The molecule has 16 heavy (non-hydrogen) atoms. The lowest BCUT2D eigenvalue weighted by atomic mass is 10.0. The fourth-order valence-electron chi connectivity index (χ4n) is 1.48. The molecule has 0 spiro atoms. The van der Waals surface area contributed by atoms with Crippen molar-refractivity contribution in [3.05, 3.63) is 0 Å². The molecule has 0 saturated carbocycles. The number of carbonyl (C=O) groups is 2. The molecule has 0 amide bonds. The summed E-state index contributed by atoms with van der Waals surface area (Å²) in [4.78, 5) is 23.0. The summed E-state index contributed by atoms with van der Waals surface area (Å²) < 4.78 is 4.85. The lowest BCUT2D eigenvalue weighted by Crippen LogP contribution is -2.23. The van der Waals surface area contributed by atoms with Crippen molar-refractivity contribution in [2.75, 3.05) is 0 Å². The van der Waals surface area contributed by atoms with Crippen molar-refractivity contribution in [3.8, 4) is 0 Å². The Morgan fingerprint density at radius 1 is 0.938 bits per heavy atom. The van der Waals surface area contributed by atoms with Crippen LogP contribution in [0.15, 0.2) is 0 Å². The van der Waals surface area contributed by atoms with Crippen LogP contribution in [0.3, 0.4) is 0 Å². The monoisotopic (exact) mass is 228 g/mol. The molecule has 0 radical (unpaired) electrons. The molecule has 3 heteroatoms. The maximum atomic E-state index is 11.5. The van der Waals surface area contributed by atoms with E-state index in [0.717, 1.165) is 32.1 Å². The van der Waals surface area contributed by atoms with Gasteiger partial charge in [0.1, 0.15) is 0 Å². The van der Waals surface area contributed by atoms with Crippen LogP contribution in [0, 0.1) is 11.8 Å². The molecule has 2 unspecified atom stereocenters. The molecule has 2 atom stereocenters. The lowest BCUT2D eigenvalue weighted by molar-refractivity contribution is -0.165. The Balaban J connectivity index is 3.98. The topological polar surface area (TPSA) is 43.4 Å². The zero-order chi connectivity index (χ0) is 12.6. The Morgan fingerprint density at radius 3 is 1.88 bits per heavy atom. The first kappa shape index (κ1) is 15.1. The molecule has 0 aliphatic rings. The molecule has 0 bridgehead atoms. The van der Waals surface area contributed by atoms with Gasteiger partial charge in [0, 0.05) is 0 Å². The van der Waals surface area contributed by atoms with E-state index in [9.17, 15) is 9.59 Å². The summed E-state index contributed by atoms with van der Waals surface area (Å²) in [6.07, 6.45) is 4.54. The quantitative estimate of drug-likeness (QED) is 0.496. The third-order valence-electron chi connectivity index (χ3n) is 2.72. The van der Waals surface area contributed by atoms with Gasteiger partial charge in [-0.1, -0.05) is 47.0 Å². The van der Waals surface area contributed by atoms with Crippen molar-refractivity contribution in [2.45, 2.75) is 59.8 Å². The summed E-state index contributed by atoms with van der Waals surface area (Å²) in [5.41, 5.74) is 0. The van der Waals surface area contributed by atoms with E-state index in [1.807, 2.05) is 13.8 Å². The van der Waals surface area contributed by atoms with E-state index in [1.54, 1.807) is 6.92 Å². The number of carbonyl (C=O) groups excluding carboxylic acids is 2. The van der Waals surface area contributed by atoms with E-state index in [2.05, 4.69) is 6.92 Å². The minimum Gasteiger partial charge on any atom is -0.393 e. The second-order valence-electron chi connectivity index (χ2n) is 4.47. The maximum absolute atomic E-state index is 11.5. The van der Waals surface area contributed by atoms with Crippen molar-refractivity contribution in [1.82, 2.24) is 0 Å². The summed E-state index contributed by atoms with van der Waals surface area (Å²) >= 11 is 0. The first-order valence-corrected chi connectivity index (χ1v) is 6.28. The minimum absolute atomic E-state index is 0.169. The van der Waals surface area contributed by atoms with Gasteiger partial charge < -0.3 is 4.74 Å². The smallest absolute Gasteiger partial charge is 0.316 e. The molecule has 0 fully saturated rings. The minimum atomic E-state index is -0.379. The van der Waals surface area contributed by atoms with Gasteiger partial charge in [0.15, 0.2) is 0 Å². The highest BCUT2D eigenvalue weighted by Crippen LogP contribution is 2.12. The van der Waals surface area contributed by atoms with Crippen molar-refractivity contribution < 1.29 is 14.3 Å². The predicted molar refractivity (Wildman–Crippen MR) is 63.9 cm³/mol. The molecule has 0 aliphatic heterocycles. The van der Waals surface area contributed by atoms with E-state index < -0.39 is 0 Å². The van der Waals surface area contributed by atoms with Gasteiger partial charge in [-0.3, -0.25) is 9.59 Å². The van der Waals surface area contributed by atoms with Crippen LogP contribution in [0.1, 0.15) is 59.8 Å². The maximum Gasteiger partial charge on any atom is 0.316 e. The van der Waals surface area contributed by atoms with E-state index >= 15 is 0 Å². The Labute approximate surface area is 98.6 Å². The lowest BCUT2D eigenvalue weighted by Gasteiger charge is -2.12. The average Bonchev–Trinajstić information content (AvgIpc) is 2.25. The summed E-state index contributed by atoms with van der Waals surface area (Å²) in [5, 5.41) is 0. The van der Waals surface area contributed by atoms with Crippen LogP contribution in [0.2, 0.25) is 0 Å². The Bertz CT molecular complexity index is 223. The zero-order valence-electron chi connectivity index (χ0n) is 10.9. The third-order valence-corrected chi connectivity index (χ3v) is 2.72. The molecule has 0 aliphatic carbocycles. The molecule has 0 saturated heterocycles. The Kier molecular flexibility index (Phi) is 7.86. The number of hydrogen-bond donors (Lipinski definition) is 0. The highest BCUT2D eigenvalue weighted by Gasteiger charge is 2.21. The van der Waals surface area contributed by atoms with Gasteiger partial charge in [0.25, 0.3) is 0 Å². The number of ether oxygens (including phenoxy) is 1. The van der Waals surface area contributed by atoms with Crippen LogP contribution in [-0.2, 0) is 14.3 Å². The van der Waals surface area contributed by atoms with Gasteiger partial charge in [0.05, 0.1) is 11.8 Å². The Hall–Kier alpha value is -0.860. The second kappa shape index (κ2) is 8.31. The van der Waals surface area contributed by atoms with Gasteiger partial charge in [-0.25, -0.2) is 0 Å². The van der Waals surface area contributed by atoms with E-state index in [-0.39, 0.29) is 23.8 Å². The van der Waals surface area contributed by atoms with Gasteiger partial charge >= 0.3 is 11.9 Å².